The first-order valence-electron chi connectivity index (χ1n) is 1.96. The predicted octanol–water partition coefficient (Wildman–Crippen LogP) is -0.458. The van der Waals surface area contributed by atoms with Gasteiger partial charge in [0.25, 0.3) is 0 Å². The van der Waals surface area contributed by atoms with E-state index in [0.29, 0.717) is 0 Å². The molecule has 0 radical (unpaired) electrons. The van der Waals surface area contributed by atoms with Crippen LogP contribution in [0.3, 0.4) is 0 Å². The van der Waals surface area contributed by atoms with Gasteiger partial charge in [0, 0.05) is 13.1 Å². The van der Waals surface area contributed by atoms with Crippen LogP contribution in [0.4, 0.5) is 0 Å². The van der Waals surface area contributed by atoms with E-state index < -0.39 is 0 Å². The molecule has 1 heterocycles. The molecular formula is C3H11N2P. The van der Waals surface area contributed by atoms with Gasteiger partial charge in [0.15, 0.2) is 0 Å². The lowest BCUT2D eigenvalue weighted by molar-refractivity contribution is 0.689. The average Bonchev–Trinajstić information content (AvgIpc) is 1.76. The molecule has 1 rings (SSSR count). The van der Waals surface area contributed by atoms with Crippen molar-refractivity contribution in [1.29, 1.82) is 0 Å². The van der Waals surface area contributed by atoms with Crippen LogP contribution >= 0.6 is 9.90 Å². The van der Waals surface area contributed by atoms with E-state index in [-0.39, 0.29) is 9.90 Å². The molecule has 1 aliphatic rings. The summed E-state index contributed by atoms with van der Waals surface area (Å²) in [4.78, 5) is 0. The summed E-state index contributed by atoms with van der Waals surface area (Å²) in [5.74, 6) is 0. The lowest BCUT2D eigenvalue weighted by atomic mass is 10.5. The molecule has 0 saturated carbocycles. The van der Waals surface area contributed by atoms with Gasteiger partial charge in [-0.05, 0) is 6.42 Å². The summed E-state index contributed by atoms with van der Waals surface area (Å²) in [5, 5.41) is 0. The van der Waals surface area contributed by atoms with E-state index in [1.54, 1.807) is 0 Å². The molecule has 6 heavy (non-hydrogen) atoms. The molecule has 0 bridgehead atoms. The van der Waals surface area contributed by atoms with Gasteiger partial charge in [0.1, 0.15) is 0 Å². The van der Waals surface area contributed by atoms with Crippen LogP contribution in [0.2, 0.25) is 0 Å². The van der Waals surface area contributed by atoms with Crippen molar-refractivity contribution in [1.82, 2.24) is 10.9 Å². The summed E-state index contributed by atoms with van der Waals surface area (Å²) in [6, 6.07) is 0. The number of hydrogen-bond donors (Lipinski definition) is 2. The number of hydrogen-bond acceptors (Lipinski definition) is 2. The summed E-state index contributed by atoms with van der Waals surface area (Å²) in [5.41, 5.74) is 5.94. The highest BCUT2D eigenvalue weighted by molar-refractivity contribution is 6.92. The Kier molecular flexibility index (Phi) is 3.74. The Morgan fingerprint density at radius 1 is 1.00 bits per heavy atom. The first kappa shape index (κ1) is 6.35. The molecule has 2 N–H and O–H groups in total. The SMILES string of the molecule is C1CNNC1.P. The minimum Gasteiger partial charge on any atom is -0.258 e. The van der Waals surface area contributed by atoms with E-state index in [9.17, 15) is 0 Å². The quantitative estimate of drug-likeness (QED) is 0.408. The van der Waals surface area contributed by atoms with E-state index in [1.807, 2.05) is 0 Å². The van der Waals surface area contributed by atoms with Gasteiger partial charge in [0.2, 0.25) is 0 Å². The molecule has 0 amide bonds. The molecule has 0 aromatic carbocycles. The van der Waals surface area contributed by atoms with Crippen molar-refractivity contribution in [2.24, 2.45) is 0 Å². The molecular weight excluding hydrogens is 95.0 g/mol. The first-order chi connectivity index (χ1) is 2.50. The zero-order valence-corrected chi connectivity index (χ0v) is 5.24. The molecule has 0 spiro atoms. The summed E-state index contributed by atoms with van der Waals surface area (Å²) < 4.78 is 0. The Morgan fingerprint density at radius 2 is 1.50 bits per heavy atom. The largest absolute Gasteiger partial charge is 0.258 e. The summed E-state index contributed by atoms with van der Waals surface area (Å²) in [6.45, 7) is 2.28. The monoisotopic (exact) mass is 106 g/mol. The van der Waals surface area contributed by atoms with Gasteiger partial charge < -0.3 is 0 Å². The van der Waals surface area contributed by atoms with Crippen molar-refractivity contribution < 1.29 is 0 Å². The third kappa shape index (κ3) is 1.71. The first-order valence-corrected chi connectivity index (χ1v) is 1.96. The molecule has 38 valence electrons. The normalized spacial score (nSPS) is 20.0. The molecule has 1 unspecified atom stereocenters. The van der Waals surface area contributed by atoms with E-state index in [2.05, 4.69) is 10.9 Å². The minimum absolute atomic E-state index is 0. The Bertz CT molecular complexity index is 20.4. The molecule has 1 saturated heterocycles. The lowest BCUT2D eigenvalue weighted by Crippen LogP contribution is -2.21. The van der Waals surface area contributed by atoms with Gasteiger partial charge in [0.05, 0.1) is 0 Å². The summed E-state index contributed by atoms with van der Waals surface area (Å²) >= 11 is 0. The second kappa shape index (κ2) is 3.54. The highest BCUT2D eigenvalue weighted by Gasteiger charge is 1.91. The molecule has 1 fully saturated rings. The molecule has 1 atom stereocenters. The van der Waals surface area contributed by atoms with Crippen molar-refractivity contribution in [3.8, 4) is 0 Å². The second-order valence-corrected chi connectivity index (χ2v) is 1.21. The molecule has 1 aliphatic heterocycles. The minimum atomic E-state index is 0. The van der Waals surface area contributed by atoms with Gasteiger partial charge in [-0.15, -0.1) is 0 Å². The van der Waals surface area contributed by atoms with Crippen molar-refractivity contribution in [2.45, 2.75) is 6.42 Å². The molecule has 0 aromatic heterocycles. The van der Waals surface area contributed by atoms with Gasteiger partial charge in [-0.3, -0.25) is 10.9 Å². The average molecular weight is 106 g/mol. The van der Waals surface area contributed by atoms with Crippen LogP contribution in [-0.4, -0.2) is 13.1 Å². The smallest absolute Gasteiger partial charge is 0.0112 e. The summed E-state index contributed by atoms with van der Waals surface area (Å²) in [7, 11) is 0. The summed E-state index contributed by atoms with van der Waals surface area (Å²) in [6.07, 6.45) is 1.28. The van der Waals surface area contributed by atoms with Gasteiger partial charge in [-0.2, -0.15) is 9.90 Å². The van der Waals surface area contributed by atoms with E-state index in [0.717, 1.165) is 13.1 Å². The van der Waals surface area contributed by atoms with Crippen LogP contribution < -0.4 is 10.9 Å². The Balaban J connectivity index is 0.000000250. The molecule has 0 aliphatic carbocycles. The van der Waals surface area contributed by atoms with Crippen molar-refractivity contribution in [2.75, 3.05) is 13.1 Å². The van der Waals surface area contributed by atoms with Crippen LogP contribution in [0.5, 0.6) is 0 Å². The predicted molar refractivity (Wildman–Crippen MR) is 31.7 cm³/mol. The van der Waals surface area contributed by atoms with E-state index in [1.165, 1.54) is 6.42 Å². The maximum absolute atomic E-state index is 2.97. The van der Waals surface area contributed by atoms with Gasteiger partial charge in [-0.25, -0.2) is 0 Å². The molecule has 2 nitrogen and oxygen atoms in total. The van der Waals surface area contributed by atoms with Crippen LogP contribution in [0.1, 0.15) is 6.42 Å². The fraction of sp³-hybridized carbons (Fsp3) is 1.00. The van der Waals surface area contributed by atoms with Gasteiger partial charge in [-0.1, -0.05) is 0 Å². The zero-order valence-electron chi connectivity index (χ0n) is 3.83. The Hall–Kier alpha value is 0.350. The fourth-order valence-corrected chi connectivity index (χ4v) is 0.442. The lowest BCUT2D eigenvalue weighted by Gasteiger charge is -1.81. The van der Waals surface area contributed by atoms with E-state index >= 15 is 0 Å². The number of rotatable bonds is 0. The number of hydrazine groups is 1. The Morgan fingerprint density at radius 3 is 1.67 bits per heavy atom. The standard InChI is InChI=1S/C3H8N2.H3P/c1-2-4-5-3-1;/h4-5H,1-3H2;1H3. The maximum Gasteiger partial charge on any atom is 0.0112 e. The highest BCUT2D eigenvalue weighted by Crippen LogP contribution is 1.74. The van der Waals surface area contributed by atoms with Crippen LogP contribution in [0.15, 0.2) is 0 Å². The van der Waals surface area contributed by atoms with Crippen molar-refractivity contribution >= 4 is 9.90 Å². The van der Waals surface area contributed by atoms with Crippen molar-refractivity contribution in [3.05, 3.63) is 0 Å². The second-order valence-electron chi connectivity index (χ2n) is 1.21. The number of nitrogens with one attached hydrogen (secondary N) is 2. The van der Waals surface area contributed by atoms with E-state index in [4.69, 9.17) is 0 Å². The highest BCUT2D eigenvalue weighted by atomic mass is 31.0. The van der Waals surface area contributed by atoms with Crippen LogP contribution in [0.25, 0.3) is 0 Å². The third-order valence-electron chi connectivity index (χ3n) is 0.729. The Labute approximate surface area is 41.3 Å². The maximum atomic E-state index is 2.97. The molecule has 0 aromatic rings. The third-order valence-corrected chi connectivity index (χ3v) is 0.729. The molecule has 3 heteroatoms. The van der Waals surface area contributed by atoms with Crippen molar-refractivity contribution in [3.63, 3.8) is 0 Å². The topological polar surface area (TPSA) is 24.1 Å². The zero-order chi connectivity index (χ0) is 3.54. The van der Waals surface area contributed by atoms with Crippen LogP contribution in [0, 0.1) is 0 Å². The van der Waals surface area contributed by atoms with Gasteiger partial charge >= 0.3 is 0 Å². The fourth-order valence-electron chi connectivity index (χ4n) is 0.442. The van der Waals surface area contributed by atoms with Crippen LogP contribution in [-0.2, 0) is 0 Å².